The molecule has 1 aromatic carbocycles. The number of nitrogens with zero attached hydrogens (tertiary/aromatic N) is 1. The van der Waals surface area contributed by atoms with Crippen molar-refractivity contribution in [2.45, 2.75) is 46.3 Å². The van der Waals surface area contributed by atoms with E-state index in [0.717, 1.165) is 0 Å². The largest absolute Gasteiger partial charge is 0.481 e. The predicted octanol–water partition coefficient (Wildman–Crippen LogP) is 2.36. The number of nitrogens with one attached hydrogen (secondary N) is 1. The molecule has 1 atom stereocenters. The fourth-order valence-corrected chi connectivity index (χ4v) is 2.00. The molecular formula is C17H25FN2O3. The molecule has 0 radical (unpaired) electrons. The van der Waals surface area contributed by atoms with Crippen LogP contribution < -0.4 is 10.1 Å². The van der Waals surface area contributed by atoms with Crippen LogP contribution in [0.2, 0.25) is 0 Å². The topological polar surface area (TPSA) is 58.6 Å². The lowest BCUT2D eigenvalue weighted by Crippen LogP contribution is -2.49. The van der Waals surface area contributed by atoms with Crippen LogP contribution >= 0.6 is 0 Å². The molecule has 5 nitrogen and oxygen atoms in total. The number of carbonyl (C=O) groups excluding carboxylic acids is 2. The summed E-state index contributed by atoms with van der Waals surface area (Å²) in [5, 5.41) is 2.82. The number of carbonyl (C=O) groups is 2. The first-order valence-corrected chi connectivity index (χ1v) is 7.64. The number of hydrogen-bond acceptors (Lipinski definition) is 3. The highest BCUT2D eigenvalue weighted by Crippen LogP contribution is 2.14. The molecule has 0 saturated heterocycles. The maximum absolute atomic E-state index is 12.9. The smallest absolute Gasteiger partial charge is 0.263 e. The van der Waals surface area contributed by atoms with Crippen LogP contribution in [-0.4, -0.2) is 41.4 Å². The quantitative estimate of drug-likeness (QED) is 0.874. The second kappa shape index (κ2) is 7.94. The maximum atomic E-state index is 12.9. The van der Waals surface area contributed by atoms with Crippen LogP contribution in [0, 0.1) is 5.82 Å². The van der Waals surface area contributed by atoms with Gasteiger partial charge in [-0.2, -0.15) is 0 Å². The minimum Gasteiger partial charge on any atom is -0.481 e. The summed E-state index contributed by atoms with van der Waals surface area (Å²) in [6, 6.07) is 5.45. The molecule has 6 heteroatoms. The standard InChI is InChI=1S/C17H25FN2O3/c1-6-20(11-15(21)19-17(3,4)5)16(22)12(2)23-14-9-7-13(18)8-10-14/h7-10,12H,6,11H2,1-5H3,(H,19,21)/t12-/m0/s1. The zero-order valence-electron chi connectivity index (χ0n) is 14.4. The van der Waals surface area contributed by atoms with Gasteiger partial charge in [0.15, 0.2) is 6.10 Å². The Morgan fingerprint density at radius 3 is 2.30 bits per heavy atom. The van der Waals surface area contributed by atoms with Crippen LogP contribution in [-0.2, 0) is 9.59 Å². The lowest BCUT2D eigenvalue weighted by atomic mass is 10.1. The van der Waals surface area contributed by atoms with Gasteiger partial charge in [-0.15, -0.1) is 0 Å². The lowest BCUT2D eigenvalue weighted by Gasteiger charge is -2.27. The molecule has 0 fully saturated rings. The van der Waals surface area contributed by atoms with E-state index in [0.29, 0.717) is 12.3 Å². The van der Waals surface area contributed by atoms with E-state index >= 15 is 0 Å². The summed E-state index contributed by atoms with van der Waals surface area (Å²) in [4.78, 5) is 25.8. The van der Waals surface area contributed by atoms with Crippen molar-refractivity contribution in [3.8, 4) is 5.75 Å². The average molecular weight is 324 g/mol. The van der Waals surface area contributed by atoms with E-state index in [1.807, 2.05) is 20.8 Å². The van der Waals surface area contributed by atoms with Crippen LogP contribution in [0.25, 0.3) is 0 Å². The van der Waals surface area contributed by atoms with Crippen LogP contribution in [0.1, 0.15) is 34.6 Å². The van der Waals surface area contributed by atoms with Gasteiger partial charge in [0.1, 0.15) is 11.6 Å². The normalized spacial score (nSPS) is 12.4. The summed E-state index contributed by atoms with van der Waals surface area (Å²) in [6.07, 6.45) is -0.761. The molecule has 0 bridgehead atoms. The summed E-state index contributed by atoms with van der Waals surface area (Å²) >= 11 is 0. The molecule has 1 aromatic rings. The predicted molar refractivity (Wildman–Crippen MR) is 86.6 cm³/mol. The average Bonchev–Trinajstić information content (AvgIpc) is 2.44. The fourth-order valence-electron chi connectivity index (χ4n) is 2.00. The van der Waals surface area contributed by atoms with Crippen molar-refractivity contribution >= 4 is 11.8 Å². The van der Waals surface area contributed by atoms with Crippen LogP contribution in [0.15, 0.2) is 24.3 Å². The van der Waals surface area contributed by atoms with Crippen LogP contribution in [0.3, 0.4) is 0 Å². The molecule has 0 saturated carbocycles. The number of likely N-dealkylation sites (N-methyl/N-ethyl adjacent to an activating group) is 1. The zero-order chi connectivity index (χ0) is 17.6. The lowest BCUT2D eigenvalue weighted by molar-refractivity contribution is -0.141. The number of benzene rings is 1. The van der Waals surface area contributed by atoms with Gasteiger partial charge in [0.25, 0.3) is 5.91 Å². The minimum absolute atomic E-state index is 0.0241. The van der Waals surface area contributed by atoms with Crippen molar-refractivity contribution in [2.75, 3.05) is 13.1 Å². The van der Waals surface area contributed by atoms with Gasteiger partial charge in [0, 0.05) is 12.1 Å². The molecular weight excluding hydrogens is 299 g/mol. The Labute approximate surface area is 136 Å². The molecule has 1 N–H and O–H groups in total. The van der Waals surface area contributed by atoms with E-state index in [-0.39, 0.29) is 29.7 Å². The molecule has 0 aliphatic rings. The van der Waals surface area contributed by atoms with Gasteiger partial charge < -0.3 is 15.0 Å². The van der Waals surface area contributed by atoms with Gasteiger partial charge in [-0.25, -0.2) is 4.39 Å². The molecule has 0 unspecified atom stereocenters. The Morgan fingerprint density at radius 1 is 1.26 bits per heavy atom. The number of amides is 2. The first-order chi connectivity index (χ1) is 10.6. The first-order valence-electron chi connectivity index (χ1n) is 7.64. The van der Waals surface area contributed by atoms with Crippen LogP contribution in [0.4, 0.5) is 4.39 Å². The number of hydrogen-bond donors (Lipinski definition) is 1. The minimum atomic E-state index is -0.761. The number of halogens is 1. The van der Waals surface area contributed by atoms with Gasteiger partial charge in [-0.05, 0) is 58.9 Å². The fraction of sp³-hybridized carbons (Fsp3) is 0.529. The Balaban J connectivity index is 2.64. The van der Waals surface area contributed by atoms with Gasteiger partial charge in [-0.1, -0.05) is 0 Å². The maximum Gasteiger partial charge on any atom is 0.263 e. The van der Waals surface area contributed by atoms with Crippen molar-refractivity contribution < 1.29 is 18.7 Å². The molecule has 1 rings (SSSR count). The monoisotopic (exact) mass is 324 g/mol. The van der Waals surface area contributed by atoms with E-state index < -0.39 is 6.10 Å². The molecule has 0 aromatic heterocycles. The van der Waals surface area contributed by atoms with Crippen molar-refractivity contribution in [1.29, 1.82) is 0 Å². The molecule has 0 heterocycles. The highest BCUT2D eigenvalue weighted by atomic mass is 19.1. The third-order valence-corrected chi connectivity index (χ3v) is 3.02. The SMILES string of the molecule is CCN(CC(=O)NC(C)(C)C)C(=O)[C@H](C)Oc1ccc(F)cc1. The van der Waals surface area contributed by atoms with Crippen molar-refractivity contribution in [2.24, 2.45) is 0 Å². The molecule has 23 heavy (non-hydrogen) atoms. The Hall–Kier alpha value is -2.11. The summed E-state index contributed by atoms with van der Waals surface area (Å²) in [7, 11) is 0. The van der Waals surface area contributed by atoms with Gasteiger partial charge in [-0.3, -0.25) is 9.59 Å². The first kappa shape index (κ1) is 18.9. The van der Waals surface area contributed by atoms with Crippen molar-refractivity contribution in [1.82, 2.24) is 10.2 Å². The molecule has 128 valence electrons. The van der Waals surface area contributed by atoms with Gasteiger partial charge in [0.05, 0.1) is 6.54 Å². The molecule has 0 aliphatic heterocycles. The van der Waals surface area contributed by atoms with Crippen molar-refractivity contribution in [3.63, 3.8) is 0 Å². The molecule has 0 spiro atoms. The van der Waals surface area contributed by atoms with E-state index in [1.165, 1.54) is 29.2 Å². The third kappa shape index (κ3) is 6.67. The molecule has 0 aliphatic carbocycles. The van der Waals surface area contributed by atoms with Gasteiger partial charge >= 0.3 is 0 Å². The van der Waals surface area contributed by atoms with E-state index in [1.54, 1.807) is 13.8 Å². The summed E-state index contributed by atoms with van der Waals surface area (Å²) in [6.45, 7) is 9.41. The highest BCUT2D eigenvalue weighted by molar-refractivity contribution is 5.87. The highest BCUT2D eigenvalue weighted by Gasteiger charge is 2.24. The second-order valence-corrected chi connectivity index (χ2v) is 6.36. The Morgan fingerprint density at radius 2 is 1.83 bits per heavy atom. The van der Waals surface area contributed by atoms with E-state index in [9.17, 15) is 14.0 Å². The summed E-state index contributed by atoms with van der Waals surface area (Å²) in [5.74, 6) is -0.477. The summed E-state index contributed by atoms with van der Waals surface area (Å²) < 4.78 is 18.4. The second-order valence-electron chi connectivity index (χ2n) is 6.36. The van der Waals surface area contributed by atoms with Crippen LogP contribution in [0.5, 0.6) is 5.75 Å². The van der Waals surface area contributed by atoms with E-state index in [2.05, 4.69) is 5.32 Å². The number of rotatable bonds is 6. The zero-order valence-corrected chi connectivity index (χ0v) is 14.4. The summed E-state index contributed by atoms with van der Waals surface area (Å²) in [5.41, 5.74) is -0.351. The van der Waals surface area contributed by atoms with Crippen molar-refractivity contribution in [3.05, 3.63) is 30.1 Å². The molecule has 2 amide bonds. The van der Waals surface area contributed by atoms with Gasteiger partial charge in [0.2, 0.25) is 5.91 Å². The van der Waals surface area contributed by atoms with E-state index in [4.69, 9.17) is 4.74 Å². The third-order valence-electron chi connectivity index (χ3n) is 3.02. The Bertz CT molecular complexity index is 538. The Kier molecular flexibility index (Phi) is 6.54. The number of ether oxygens (including phenoxy) is 1.